The third kappa shape index (κ3) is 4.14. The largest absolute Gasteiger partial charge is 0.317 e. The Balaban J connectivity index is 1.84. The van der Waals surface area contributed by atoms with Gasteiger partial charge in [-0.15, -0.1) is 0 Å². The fourth-order valence-electron chi connectivity index (χ4n) is 3.05. The summed E-state index contributed by atoms with van der Waals surface area (Å²) in [6, 6.07) is 19.5. The number of hydrogen-bond acceptors (Lipinski definition) is 2. The molecule has 2 nitrogen and oxygen atoms in total. The van der Waals surface area contributed by atoms with E-state index in [-0.39, 0.29) is 0 Å². The van der Waals surface area contributed by atoms with Crippen LogP contribution < -0.4 is 15.9 Å². The Kier molecular flexibility index (Phi) is 5.85. The summed E-state index contributed by atoms with van der Waals surface area (Å²) < 4.78 is 13.7. The Morgan fingerprint density at radius 3 is 1.92 bits per heavy atom. The van der Waals surface area contributed by atoms with Gasteiger partial charge < -0.3 is 9.88 Å². The Hall–Kier alpha value is -1.89. The fourth-order valence-corrected chi connectivity index (χ4v) is 5.26. The number of allylic oxidation sites excluding steroid dienone is 3. The van der Waals surface area contributed by atoms with E-state index in [9.17, 15) is 4.57 Å². The third-order valence-corrected chi connectivity index (χ3v) is 7.18. The average Bonchev–Trinajstić information content (AvgIpc) is 2.67. The zero-order chi connectivity index (χ0) is 16.7. The number of nitrogens with one attached hydrogen (secondary N) is 1. The first kappa shape index (κ1) is 17.0. The minimum atomic E-state index is -2.74. The lowest BCUT2D eigenvalue weighted by molar-refractivity contribution is 0.436. The molecule has 1 heterocycles. The van der Waals surface area contributed by atoms with Gasteiger partial charge in [0.1, 0.15) is 0 Å². The molecule has 1 N–H and O–H groups in total. The first-order valence-corrected chi connectivity index (χ1v) is 10.3. The summed E-state index contributed by atoms with van der Waals surface area (Å²) in [6.45, 7) is 2.18. The van der Waals surface area contributed by atoms with E-state index in [0.717, 1.165) is 23.7 Å². The van der Waals surface area contributed by atoms with Crippen LogP contribution in [0.15, 0.2) is 84.7 Å². The summed E-state index contributed by atoms with van der Waals surface area (Å²) in [5.41, 5.74) is 0. The molecule has 3 rings (SSSR count). The molecular weight excluding hydrogens is 313 g/mol. The molecule has 0 bridgehead atoms. The molecule has 124 valence electrons. The lowest BCUT2D eigenvalue weighted by atomic mass is 9.98. The molecule has 0 amide bonds. The third-order valence-electron chi connectivity index (χ3n) is 4.45. The SMILES string of the molecule is O=P(C=CC=CC1CCNCC1)(c1ccccc1)c1ccccc1. The van der Waals surface area contributed by atoms with Crippen LogP contribution in [0.2, 0.25) is 0 Å². The van der Waals surface area contributed by atoms with E-state index in [1.807, 2.05) is 72.6 Å². The second-order valence-corrected chi connectivity index (χ2v) is 8.79. The van der Waals surface area contributed by atoms with Crippen molar-refractivity contribution in [1.82, 2.24) is 5.32 Å². The normalized spacial score (nSPS) is 16.8. The van der Waals surface area contributed by atoms with Gasteiger partial charge in [-0.2, -0.15) is 0 Å². The van der Waals surface area contributed by atoms with Crippen molar-refractivity contribution in [1.29, 1.82) is 0 Å². The Bertz CT molecular complexity index is 687. The molecule has 0 spiro atoms. The fraction of sp³-hybridized carbons (Fsp3) is 0.238. The van der Waals surface area contributed by atoms with Crippen LogP contribution in [0.5, 0.6) is 0 Å². The molecule has 0 radical (unpaired) electrons. The van der Waals surface area contributed by atoms with Gasteiger partial charge in [-0.05, 0) is 37.7 Å². The van der Waals surface area contributed by atoms with Gasteiger partial charge in [0.15, 0.2) is 7.14 Å². The van der Waals surface area contributed by atoms with Gasteiger partial charge in [0, 0.05) is 10.6 Å². The number of piperidine rings is 1. The first-order valence-electron chi connectivity index (χ1n) is 8.57. The Labute approximate surface area is 144 Å². The summed E-state index contributed by atoms with van der Waals surface area (Å²) in [7, 11) is -2.74. The van der Waals surface area contributed by atoms with E-state index >= 15 is 0 Å². The van der Waals surface area contributed by atoms with E-state index in [4.69, 9.17) is 0 Å². The van der Waals surface area contributed by atoms with Crippen molar-refractivity contribution in [2.45, 2.75) is 12.8 Å². The molecule has 2 aromatic carbocycles. The van der Waals surface area contributed by atoms with Crippen LogP contribution in [-0.2, 0) is 4.57 Å². The lowest BCUT2D eigenvalue weighted by Crippen LogP contribution is -2.26. The summed E-state index contributed by atoms with van der Waals surface area (Å²) in [5.74, 6) is 2.51. The van der Waals surface area contributed by atoms with Crippen molar-refractivity contribution < 1.29 is 4.57 Å². The predicted octanol–water partition coefficient (Wildman–Crippen LogP) is 4.07. The van der Waals surface area contributed by atoms with Crippen LogP contribution in [0.3, 0.4) is 0 Å². The van der Waals surface area contributed by atoms with Gasteiger partial charge in [0.05, 0.1) is 0 Å². The van der Waals surface area contributed by atoms with Crippen molar-refractivity contribution in [3.8, 4) is 0 Å². The minimum Gasteiger partial charge on any atom is -0.317 e. The molecule has 1 fully saturated rings. The van der Waals surface area contributed by atoms with E-state index < -0.39 is 7.14 Å². The molecule has 0 aliphatic carbocycles. The summed E-state index contributed by atoms with van der Waals surface area (Å²) in [4.78, 5) is 0. The second-order valence-electron chi connectivity index (χ2n) is 6.14. The van der Waals surface area contributed by atoms with Crippen molar-refractivity contribution in [3.63, 3.8) is 0 Å². The zero-order valence-electron chi connectivity index (χ0n) is 13.8. The van der Waals surface area contributed by atoms with Crippen LogP contribution in [0, 0.1) is 5.92 Å². The molecule has 0 atom stereocenters. The van der Waals surface area contributed by atoms with Crippen molar-refractivity contribution in [3.05, 3.63) is 84.7 Å². The van der Waals surface area contributed by atoms with Crippen LogP contribution >= 0.6 is 7.14 Å². The van der Waals surface area contributed by atoms with Gasteiger partial charge >= 0.3 is 0 Å². The van der Waals surface area contributed by atoms with Crippen LogP contribution in [0.4, 0.5) is 0 Å². The number of hydrogen-bond donors (Lipinski definition) is 1. The average molecular weight is 337 g/mol. The van der Waals surface area contributed by atoms with Crippen LogP contribution in [-0.4, -0.2) is 13.1 Å². The molecule has 1 saturated heterocycles. The first-order chi connectivity index (χ1) is 11.8. The number of benzene rings is 2. The molecule has 3 heteroatoms. The quantitative estimate of drug-likeness (QED) is 0.658. The van der Waals surface area contributed by atoms with Gasteiger partial charge in [-0.1, -0.05) is 78.9 Å². The molecular formula is C21H24NOP. The van der Waals surface area contributed by atoms with Gasteiger partial charge in [0.25, 0.3) is 0 Å². The van der Waals surface area contributed by atoms with Crippen LogP contribution in [0.25, 0.3) is 0 Å². The Morgan fingerprint density at radius 1 is 0.833 bits per heavy atom. The molecule has 0 aromatic heterocycles. The summed E-state index contributed by atoms with van der Waals surface area (Å²) in [6.07, 6.45) is 8.63. The van der Waals surface area contributed by atoms with Gasteiger partial charge in [0.2, 0.25) is 0 Å². The summed E-state index contributed by atoms with van der Waals surface area (Å²) >= 11 is 0. The minimum absolute atomic E-state index is 0.628. The van der Waals surface area contributed by atoms with E-state index in [1.54, 1.807) is 0 Å². The second kappa shape index (κ2) is 8.28. The molecule has 0 saturated carbocycles. The smallest absolute Gasteiger partial charge is 0.164 e. The van der Waals surface area contributed by atoms with Crippen LogP contribution in [0.1, 0.15) is 12.8 Å². The molecule has 0 unspecified atom stereocenters. The molecule has 2 aromatic rings. The molecule has 24 heavy (non-hydrogen) atoms. The highest BCUT2D eigenvalue weighted by Gasteiger charge is 2.23. The van der Waals surface area contributed by atoms with Gasteiger partial charge in [-0.3, -0.25) is 0 Å². The van der Waals surface area contributed by atoms with Crippen molar-refractivity contribution in [2.24, 2.45) is 5.92 Å². The van der Waals surface area contributed by atoms with Crippen molar-refractivity contribution in [2.75, 3.05) is 13.1 Å². The maximum absolute atomic E-state index is 13.7. The molecule has 1 aliphatic heterocycles. The summed E-state index contributed by atoms with van der Waals surface area (Å²) in [5, 5.41) is 5.13. The standard InChI is InChI=1S/C21H24NOP/c23-24(20-10-3-1-4-11-20,21-12-5-2-6-13-21)18-8-7-9-19-14-16-22-17-15-19/h1-13,18-19,22H,14-17H2. The maximum atomic E-state index is 13.7. The lowest BCUT2D eigenvalue weighted by Gasteiger charge is -2.19. The highest BCUT2D eigenvalue weighted by Crippen LogP contribution is 2.44. The monoisotopic (exact) mass is 337 g/mol. The van der Waals surface area contributed by atoms with Crippen molar-refractivity contribution >= 4 is 17.8 Å². The predicted molar refractivity (Wildman–Crippen MR) is 104 cm³/mol. The van der Waals surface area contributed by atoms with E-state index in [0.29, 0.717) is 5.92 Å². The Morgan fingerprint density at radius 2 is 1.38 bits per heavy atom. The topological polar surface area (TPSA) is 29.1 Å². The highest BCUT2D eigenvalue weighted by molar-refractivity contribution is 7.81. The molecule has 1 aliphatic rings. The van der Waals surface area contributed by atoms with E-state index in [2.05, 4.69) is 17.5 Å². The van der Waals surface area contributed by atoms with E-state index in [1.165, 1.54) is 12.8 Å². The zero-order valence-corrected chi connectivity index (χ0v) is 14.7. The highest BCUT2D eigenvalue weighted by atomic mass is 31.2. The van der Waals surface area contributed by atoms with Gasteiger partial charge in [-0.25, -0.2) is 0 Å². The maximum Gasteiger partial charge on any atom is 0.164 e. The number of rotatable bonds is 5.